The fourth-order valence-electron chi connectivity index (χ4n) is 10.5. The molecule has 6 aromatic carbocycles. The predicted octanol–water partition coefficient (Wildman–Crippen LogP) is 13.6. The van der Waals surface area contributed by atoms with Gasteiger partial charge in [-0.05, 0) is 76.3 Å². The highest BCUT2D eigenvalue weighted by Crippen LogP contribution is 2.54. The second-order valence-corrected chi connectivity index (χ2v) is 17.6. The van der Waals surface area contributed by atoms with Crippen LogP contribution < -0.4 is 0 Å². The Bertz CT molecular complexity index is 3240. The predicted molar refractivity (Wildman–Crippen MR) is 244 cm³/mol. The first-order valence-corrected chi connectivity index (χ1v) is 21.4. The molecule has 0 radical (unpaired) electrons. The second kappa shape index (κ2) is 13.3. The zero-order valence-electron chi connectivity index (χ0n) is 34.1. The first-order valence-electron chi connectivity index (χ1n) is 21.4. The van der Waals surface area contributed by atoms with Gasteiger partial charge < -0.3 is 4.42 Å². The Morgan fingerprint density at radius 3 is 2.12 bits per heavy atom. The van der Waals surface area contributed by atoms with E-state index in [0.29, 0.717) is 23.5 Å². The maximum Gasteiger partial charge on any atom is 0.238 e. The van der Waals surface area contributed by atoms with Crippen LogP contribution in [0.2, 0.25) is 0 Å². The zero-order valence-corrected chi connectivity index (χ0v) is 34.1. The number of rotatable bonds is 5. The number of furan rings is 1. The van der Waals surface area contributed by atoms with E-state index in [-0.39, 0.29) is 11.3 Å². The number of fused-ring (bicyclic) bond motifs is 10. The van der Waals surface area contributed by atoms with Gasteiger partial charge in [-0.15, -0.1) is 0 Å². The fraction of sp³-hybridized carbons (Fsp3) is 0.182. The standard InChI is InChI=1S/C55H44N4O/c1-33-22-28-41-44-32-43(38-27-29-40-39-18-10-12-20-45(39)55(2,3)46(40)31-38)49-42-19-11-13-21-47(42)59(50(49)51(44)60-48(41)30-33)54-57-52(36-16-8-5-9-17-36)56-53(58-54)37-25-23-35(24-26-37)34-14-6-4-7-15-34/h4-21,23-26,29,31-33,38H,22,27-28,30H2,1-3H3. The lowest BCUT2D eigenvalue weighted by molar-refractivity contribution is 0.427. The first kappa shape index (κ1) is 35.1. The molecule has 2 unspecified atom stereocenters. The molecule has 0 N–H and O–H groups in total. The molecule has 0 amide bonds. The summed E-state index contributed by atoms with van der Waals surface area (Å²) in [6, 6.07) is 49.5. The monoisotopic (exact) mass is 776 g/mol. The molecule has 12 rings (SSSR count). The molecule has 0 fully saturated rings. The van der Waals surface area contributed by atoms with Crippen molar-refractivity contribution in [2.45, 2.75) is 57.8 Å². The molecule has 0 saturated heterocycles. The van der Waals surface area contributed by atoms with Gasteiger partial charge in [0.15, 0.2) is 17.2 Å². The molecule has 0 bridgehead atoms. The molecule has 0 aliphatic heterocycles. The van der Waals surface area contributed by atoms with Gasteiger partial charge >= 0.3 is 0 Å². The third-order valence-corrected chi connectivity index (χ3v) is 13.5. The van der Waals surface area contributed by atoms with Crippen molar-refractivity contribution in [3.63, 3.8) is 0 Å². The number of benzene rings is 6. The summed E-state index contributed by atoms with van der Waals surface area (Å²) in [6.45, 7) is 7.12. The quantitative estimate of drug-likeness (QED) is 0.175. The number of hydrogen-bond acceptors (Lipinski definition) is 4. The maximum absolute atomic E-state index is 7.12. The van der Waals surface area contributed by atoms with Crippen LogP contribution in [0.5, 0.6) is 0 Å². The van der Waals surface area contributed by atoms with Crippen molar-refractivity contribution in [1.29, 1.82) is 0 Å². The minimum absolute atomic E-state index is 0.0856. The number of aromatic nitrogens is 4. The van der Waals surface area contributed by atoms with Crippen LogP contribution in [-0.2, 0) is 18.3 Å². The molecule has 3 aliphatic carbocycles. The normalized spacial score (nSPS) is 18.0. The number of aryl methyl sites for hydroxylation is 1. The molecule has 5 heteroatoms. The van der Waals surface area contributed by atoms with Crippen LogP contribution in [0.3, 0.4) is 0 Å². The molecule has 0 saturated carbocycles. The first-order chi connectivity index (χ1) is 29.4. The van der Waals surface area contributed by atoms with Crippen LogP contribution in [0.1, 0.15) is 67.5 Å². The summed E-state index contributed by atoms with van der Waals surface area (Å²) < 4.78 is 9.39. The molecule has 9 aromatic rings. The SMILES string of the molecule is CC1CCc2c(oc3c2cc(C2C=C4C(=CC2)c2ccccc2C4(C)C)c2c4ccccc4n(-c4nc(-c5ccccc5)nc(-c5ccc(-c6ccccc6)cc5)n4)c32)C1. The Kier molecular flexibility index (Phi) is 7.81. The highest BCUT2D eigenvalue weighted by molar-refractivity contribution is 6.19. The highest BCUT2D eigenvalue weighted by Gasteiger charge is 2.40. The summed E-state index contributed by atoms with van der Waals surface area (Å²) in [4.78, 5) is 15.9. The van der Waals surface area contributed by atoms with Gasteiger partial charge in [-0.3, -0.25) is 4.57 Å². The lowest BCUT2D eigenvalue weighted by atomic mass is 9.76. The van der Waals surface area contributed by atoms with Crippen molar-refractivity contribution >= 4 is 38.3 Å². The Morgan fingerprint density at radius 2 is 1.33 bits per heavy atom. The minimum Gasteiger partial charge on any atom is -0.459 e. The van der Waals surface area contributed by atoms with E-state index in [4.69, 9.17) is 19.4 Å². The summed E-state index contributed by atoms with van der Waals surface area (Å²) in [6.07, 6.45) is 9.13. The van der Waals surface area contributed by atoms with Crippen molar-refractivity contribution in [3.05, 3.63) is 185 Å². The van der Waals surface area contributed by atoms with E-state index < -0.39 is 0 Å². The zero-order chi connectivity index (χ0) is 40.1. The summed E-state index contributed by atoms with van der Waals surface area (Å²) in [5, 5.41) is 3.60. The third-order valence-electron chi connectivity index (χ3n) is 13.5. The molecule has 2 atom stereocenters. The van der Waals surface area contributed by atoms with Crippen molar-refractivity contribution in [1.82, 2.24) is 19.5 Å². The molecule has 60 heavy (non-hydrogen) atoms. The Morgan fingerprint density at radius 1 is 0.683 bits per heavy atom. The number of allylic oxidation sites excluding steroid dienone is 4. The topological polar surface area (TPSA) is 56.7 Å². The number of hydrogen-bond donors (Lipinski definition) is 0. The lowest BCUT2D eigenvalue weighted by Crippen LogP contribution is -2.17. The second-order valence-electron chi connectivity index (χ2n) is 17.6. The van der Waals surface area contributed by atoms with Crippen LogP contribution in [0.15, 0.2) is 162 Å². The molecular formula is C55H44N4O. The van der Waals surface area contributed by atoms with Gasteiger partial charge in [0.25, 0.3) is 0 Å². The average Bonchev–Trinajstić information content (AvgIpc) is 3.91. The van der Waals surface area contributed by atoms with Crippen LogP contribution in [0, 0.1) is 5.92 Å². The van der Waals surface area contributed by atoms with E-state index in [0.717, 1.165) is 64.8 Å². The molecule has 3 aliphatic rings. The average molecular weight is 777 g/mol. The van der Waals surface area contributed by atoms with Crippen LogP contribution in [0.25, 0.3) is 78.2 Å². The van der Waals surface area contributed by atoms with E-state index in [9.17, 15) is 0 Å². The largest absolute Gasteiger partial charge is 0.459 e. The van der Waals surface area contributed by atoms with E-state index in [1.165, 1.54) is 55.1 Å². The van der Waals surface area contributed by atoms with Gasteiger partial charge in [0.1, 0.15) is 11.3 Å². The lowest BCUT2D eigenvalue weighted by Gasteiger charge is -2.27. The summed E-state index contributed by atoms with van der Waals surface area (Å²) in [7, 11) is 0. The van der Waals surface area contributed by atoms with E-state index in [1.54, 1.807) is 0 Å². The summed E-state index contributed by atoms with van der Waals surface area (Å²) in [5.74, 6) is 3.71. The minimum atomic E-state index is -0.0856. The van der Waals surface area contributed by atoms with Gasteiger partial charge in [0.2, 0.25) is 5.95 Å². The summed E-state index contributed by atoms with van der Waals surface area (Å²) >= 11 is 0. The van der Waals surface area contributed by atoms with Gasteiger partial charge in [-0.1, -0.05) is 160 Å². The Hall–Kier alpha value is -6.85. The van der Waals surface area contributed by atoms with Crippen molar-refractivity contribution < 1.29 is 4.42 Å². The highest BCUT2D eigenvalue weighted by atomic mass is 16.3. The molecule has 0 spiro atoms. The van der Waals surface area contributed by atoms with Gasteiger partial charge in [0.05, 0.1) is 5.52 Å². The van der Waals surface area contributed by atoms with Gasteiger partial charge in [-0.25, -0.2) is 4.98 Å². The smallest absolute Gasteiger partial charge is 0.238 e. The Labute approximate surface area is 349 Å². The van der Waals surface area contributed by atoms with Gasteiger partial charge in [0, 0.05) is 50.6 Å². The van der Waals surface area contributed by atoms with E-state index in [2.05, 4.69) is 153 Å². The van der Waals surface area contributed by atoms with Crippen LogP contribution in [0.4, 0.5) is 0 Å². The van der Waals surface area contributed by atoms with Crippen molar-refractivity contribution in [2.24, 2.45) is 5.92 Å². The van der Waals surface area contributed by atoms with Crippen LogP contribution >= 0.6 is 0 Å². The molecule has 290 valence electrons. The molecular weight excluding hydrogens is 733 g/mol. The van der Waals surface area contributed by atoms with E-state index >= 15 is 0 Å². The molecule has 3 aromatic heterocycles. The molecule has 5 nitrogen and oxygen atoms in total. The van der Waals surface area contributed by atoms with Crippen molar-refractivity contribution in [3.8, 4) is 39.9 Å². The fourth-order valence-corrected chi connectivity index (χ4v) is 10.5. The number of nitrogens with zero attached hydrogens (tertiary/aromatic N) is 4. The maximum atomic E-state index is 7.12. The van der Waals surface area contributed by atoms with Gasteiger partial charge in [-0.2, -0.15) is 9.97 Å². The van der Waals surface area contributed by atoms with Crippen molar-refractivity contribution in [2.75, 3.05) is 0 Å². The molecule has 3 heterocycles. The van der Waals surface area contributed by atoms with Crippen LogP contribution in [-0.4, -0.2) is 19.5 Å². The number of para-hydroxylation sites is 1. The Balaban J connectivity index is 1.13. The third kappa shape index (κ3) is 5.34. The summed E-state index contributed by atoms with van der Waals surface area (Å²) in [5.41, 5.74) is 15.4. The van der Waals surface area contributed by atoms with E-state index in [1.807, 2.05) is 24.3 Å².